The zero-order valence-electron chi connectivity index (χ0n) is 18.5. The van der Waals surface area contributed by atoms with E-state index < -0.39 is 5.41 Å². The van der Waals surface area contributed by atoms with E-state index in [4.69, 9.17) is 0 Å². The minimum Gasteiger partial charge on any atom is -0.356 e. The number of aliphatic imine (C=N–C) groups is 1. The van der Waals surface area contributed by atoms with E-state index in [0.29, 0.717) is 29.9 Å². The largest absolute Gasteiger partial charge is 0.356 e. The van der Waals surface area contributed by atoms with Gasteiger partial charge in [0.25, 0.3) is 0 Å². The van der Waals surface area contributed by atoms with Crippen LogP contribution in [0.1, 0.15) is 86.6 Å². The molecule has 30 heavy (non-hydrogen) atoms. The second-order valence-corrected chi connectivity index (χ2v) is 7.99. The molecular weight excluding hydrogens is 382 g/mol. The van der Waals surface area contributed by atoms with Crippen LogP contribution in [0.25, 0.3) is 0 Å². The Labute approximate surface area is 177 Å². The van der Waals surface area contributed by atoms with Gasteiger partial charge in [-0.05, 0) is 38.5 Å². The number of ketones is 2. The minimum absolute atomic E-state index is 0.0588. The van der Waals surface area contributed by atoms with Crippen LogP contribution in [0.4, 0.5) is 5.69 Å². The Kier molecular flexibility index (Phi) is 7.65. The number of nitrogens with zero attached hydrogens (tertiary/aromatic N) is 1. The molecule has 1 heterocycles. The first-order valence-electron chi connectivity index (χ1n) is 10.5. The van der Waals surface area contributed by atoms with E-state index in [1.54, 1.807) is 12.1 Å². The number of Topliss-reactive ketones (excluding diaryl/α,β-unsaturated/α-hetero) is 2. The maximum absolute atomic E-state index is 13.0. The van der Waals surface area contributed by atoms with Crippen molar-refractivity contribution in [1.29, 1.82) is 0 Å². The maximum atomic E-state index is 13.0. The second-order valence-electron chi connectivity index (χ2n) is 7.99. The molecule has 1 aromatic carbocycles. The van der Waals surface area contributed by atoms with Crippen molar-refractivity contribution in [1.82, 2.24) is 10.6 Å². The summed E-state index contributed by atoms with van der Waals surface area (Å²) >= 11 is 0. The second kappa shape index (κ2) is 9.78. The van der Waals surface area contributed by atoms with Crippen LogP contribution in [0, 0.1) is 0 Å². The van der Waals surface area contributed by atoms with E-state index >= 15 is 0 Å². The summed E-state index contributed by atoms with van der Waals surface area (Å²) in [4.78, 5) is 53.8. The van der Waals surface area contributed by atoms with Crippen molar-refractivity contribution in [3.63, 3.8) is 0 Å². The molecule has 1 aliphatic rings. The van der Waals surface area contributed by atoms with Crippen molar-refractivity contribution in [2.75, 3.05) is 13.1 Å². The molecule has 0 radical (unpaired) electrons. The molecule has 2 N–H and O–H groups in total. The Morgan fingerprint density at radius 1 is 0.867 bits per heavy atom. The highest BCUT2D eigenvalue weighted by atomic mass is 16.2. The summed E-state index contributed by atoms with van der Waals surface area (Å²) in [6.45, 7) is 10.6. The lowest BCUT2D eigenvalue weighted by Crippen LogP contribution is -2.27. The predicted molar refractivity (Wildman–Crippen MR) is 117 cm³/mol. The van der Waals surface area contributed by atoms with Crippen molar-refractivity contribution < 1.29 is 19.2 Å². The van der Waals surface area contributed by atoms with Gasteiger partial charge in [0.2, 0.25) is 11.8 Å². The highest BCUT2D eigenvalue weighted by Gasteiger charge is 2.37. The minimum atomic E-state index is -0.436. The fourth-order valence-corrected chi connectivity index (χ4v) is 3.56. The third-order valence-corrected chi connectivity index (χ3v) is 5.46. The van der Waals surface area contributed by atoms with Gasteiger partial charge in [-0.2, -0.15) is 0 Å². The van der Waals surface area contributed by atoms with Gasteiger partial charge >= 0.3 is 0 Å². The monoisotopic (exact) mass is 413 g/mol. The molecule has 2 amide bonds. The van der Waals surface area contributed by atoms with Gasteiger partial charge in [-0.25, -0.2) is 0 Å². The van der Waals surface area contributed by atoms with Crippen molar-refractivity contribution >= 4 is 34.8 Å². The molecule has 0 spiro atoms. The van der Waals surface area contributed by atoms with Gasteiger partial charge in [-0.1, -0.05) is 13.8 Å². The molecule has 7 nitrogen and oxygen atoms in total. The van der Waals surface area contributed by atoms with E-state index in [-0.39, 0.29) is 49.1 Å². The van der Waals surface area contributed by atoms with Gasteiger partial charge < -0.3 is 10.6 Å². The Bertz CT molecular complexity index is 900. The number of carbonyl (C=O) groups excluding carboxylic acids is 4. The van der Waals surface area contributed by atoms with Crippen LogP contribution >= 0.6 is 0 Å². The number of rotatable bonds is 10. The summed E-state index contributed by atoms with van der Waals surface area (Å²) in [5, 5.41) is 5.36. The molecule has 0 unspecified atom stereocenters. The molecule has 2 rings (SSSR count). The molecule has 1 aromatic rings. The summed E-state index contributed by atoms with van der Waals surface area (Å²) in [6.07, 6.45) is 0.308. The SMILES string of the molecule is CCNC(=O)CCC(=O)c1cc2c(c(C(=O)CCC(=O)NCC)c1)C(C)(C)C(C)=N2. The zero-order valence-corrected chi connectivity index (χ0v) is 18.5. The average molecular weight is 414 g/mol. The van der Waals surface area contributed by atoms with Crippen LogP contribution in [-0.2, 0) is 15.0 Å². The summed E-state index contributed by atoms with van der Waals surface area (Å²) < 4.78 is 0. The van der Waals surface area contributed by atoms with Gasteiger partial charge in [0.15, 0.2) is 11.6 Å². The third kappa shape index (κ3) is 5.20. The van der Waals surface area contributed by atoms with Crippen LogP contribution in [0.3, 0.4) is 0 Å². The number of hydrogen-bond acceptors (Lipinski definition) is 5. The number of benzene rings is 1. The number of nitrogens with one attached hydrogen (secondary N) is 2. The Morgan fingerprint density at radius 2 is 1.40 bits per heavy atom. The van der Waals surface area contributed by atoms with Crippen molar-refractivity contribution in [3.05, 3.63) is 28.8 Å². The van der Waals surface area contributed by atoms with Gasteiger partial charge in [-0.15, -0.1) is 0 Å². The Morgan fingerprint density at radius 3 is 1.93 bits per heavy atom. The highest BCUT2D eigenvalue weighted by Crippen LogP contribution is 2.43. The summed E-state index contributed by atoms with van der Waals surface area (Å²) in [7, 11) is 0. The first kappa shape index (κ1) is 23.4. The van der Waals surface area contributed by atoms with Crippen LogP contribution < -0.4 is 10.6 Å². The van der Waals surface area contributed by atoms with E-state index in [1.807, 2.05) is 34.6 Å². The lowest BCUT2D eigenvalue weighted by Gasteiger charge is -2.23. The number of carbonyl (C=O) groups is 4. The van der Waals surface area contributed by atoms with Crippen LogP contribution in [0.15, 0.2) is 17.1 Å². The van der Waals surface area contributed by atoms with Gasteiger partial charge in [-0.3, -0.25) is 24.2 Å². The van der Waals surface area contributed by atoms with Crippen molar-refractivity contribution in [2.24, 2.45) is 4.99 Å². The molecule has 0 saturated carbocycles. The van der Waals surface area contributed by atoms with E-state index in [1.165, 1.54) is 0 Å². The topological polar surface area (TPSA) is 105 Å². The normalized spacial score (nSPS) is 14.0. The molecule has 0 aliphatic carbocycles. The first-order chi connectivity index (χ1) is 14.1. The Balaban J connectivity index is 2.34. The number of hydrogen-bond donors (Lipinski definition) is 2. The molecule has 1 aliphatic heterocycles. The van der Waals surface area contributed by atoms with E-state index in [2.05, 4.69) is 15.6 Å². The molecule has 7 heteroatoms. The quantitative estimate of drug-likeness (QED) is 0.574. The standard InChI is InChI=1S/C23H31N3O4/c1-6-24-20(29)10-8-18(27)15-12-16(19(28)9-11-21(30)25-7-2)22-17(13-15)26-14(3)23(22,4)5/h12-13H,6-11H2,1-5H3,(H,24,29)(H,25,30). The van der Waals surface area contributed by atoms with Crippen LogP contribution in [-0.4, -0.2) is 42.2 Å². The fourth-order valence-electron chi connectivity index (χ4n) is 3.56. The number of amides is 2. The van der Waals surface area contributed by atoms with E-state index in [0.717, 1.165) is 11.3 Å². The smallest absolute Gasteiger partial charge is 0.220 e. The molecule has 0 fully saturated rings. The third-order valence-electron chi connectivity index (χ3n) is 5.46. The van der Waals surface area contributed by atoms with Crippen LogP contribution in [0.2, 0.25) is 0 Å². The molecule has 0 bridgehead atoms. The molecular formula is C23H31N3O4. The van der Waals surface area contributed by atoms with Crippen molar-refractivity contribution in [2.45, 2.75) is 65.7 Å². The molecule has 0 aromatic heterocycles. The fraction of sp³-hybridized carbons (Fsp3) is 0.522. The summed E-state index contributed by atoms with van der Waals surface area (Å²) in [6, 6.07) is 3.31. The van der Waals surface area contributed by atoms with Gasteiger partial charge in [0.05, 0.1) is 5.69 Å². The summed E-state index contributed by atoms with van der Waals surface area (Å²) in [5.74, 6) is -0.753. The number of fused-ring (bicyclic) bond motifs is 1. The maximum Gasteiger partial charge on any atom is 0.220 e. The zero-order chi connectivity index (χ0) is 22.5. The van der Waals surface area contributed by atoms with Gasteiger partial charge in [0.1, 0.15) is 0 Å². The molecule has 162 valence electrons. The first-order valence-corrected chi connectivity index (χ1v) is 10.5. The summed E-state index contributed by atoms with van der Waals surface area (Å²) in [5.41, 5.74) is 2.64. The predicted octanol–water partition coefficient (Wildman–Crippen LogP) is 3.27. The lowest BCUT2D eigenvalue weighted by atomic mass is 9.77. The molecule has 0 saturated heterocycles. The Hall–Kier alpha value is -2.83. The van der Waals surface area contributed by atoms with Crippen molar-refractivity contribution in [3.8, 4) is 0 Å². The molecule has 0 atom stereocenters. The van der Waals surface area contributed by atoms with Gasteiger partial charge in [0, 0.05) is 61.0 Å². The highest BCUT2D eigenvalue weighted by molar-refractivity contribution is 6.10. The van der Waals surface area contributed by atoms with Crippen LogP contribution in [0.5, 0.6) is 0 Å². The lowest BCUT2D eigenvalue weighted by molar-refractivity contribution is -0.121. The van der Waals surface area contributed by atoms with E-state index in [9.17, 15) is 19.2 Å². The average Bonchev–Trinajstić information content (AvgIpc) is 2.92.